The Morgan fingerprint density at radius 2 is 2.14 bits per heavy atom. The summed E-state index contributed by atoms with van der Waals surface area (Å²) in [5.74, 6) is 0.137. The molecular weight excluding hydrogens is 266 g/mol. The van der Waals surface area contributed by atoms with E-state index in [-0.39, 0.29) is 5.84 Å². The lowest BCUT2D eigenvalue weighted by Crippen LogP contribution is -2.24. The first-order chi connectivity index (χ1) is 10.3. The van der Waals surface area contributed by atoms with Gasteiger partial charge in [-0.15, -0.1) is 0 Å². The lowest BCUT2D eigenvalue weighted by Gasteiger charge is -2.22. The molecule has 0 spiro atoms. The molecule has 21 heavy (non-hydrogen) atoms. The lowest BCUT2D eigenvalue weighted by atomic mass is 9.98. The number of ether oxygens (including phenoxy) is 1. The van der Waals surface area contributed by atoms with Crippen LogP contribution in [0.15, 0.2) is 29.4 Å². The summed E-state index contributed by atoms with van der Waals surface area (Å²) in [5.41, 5.74) is 7.42. The number of benzene rings is 1. The topological polar surface area (TPSA) is 79.9 Å². The number of rotatable bonds is 7. The molecule has 0 aromatic heterocycles. The van der Waals surface area contributed by atoms with E-state index in [4.69, 9.17) is 15.7 Å². The van der Waals surface area contributed by atoms with Crippen molar-refractivity contribution in [1.82, 2.24) is 5.32 Å². The Hall–Kier alpha value is -1.59. The first-order valence-corrected chi connectivity index (χ1v) is 7.69. The van der Waals surface area contributed by atoms with Crippen molar-refractivity contribution in [2.45, 2.75) is 44.8 Å². The molecule has 0 bridgehead atoms. The molecule has 1 aromatic carbocycles. The molecule has 5 nitrogen and oxygen atoms in total. The largest absolute Gasteiger partial charge is 0.409 e. The highest BCUT2D eigenvalue weighted by Gasteiger charge is 2.12. The predicted octanol–water partition coefficient (Wildman–Crippen LogP) is 2.22. The maximum absolute atomic E-state index is 8.68. The van der Waals surface area contributed by atoms with Gasteiger partial charge in [-0.05, 0) is 24.5 Å². The van der Waals surface area contributed by atoms with E-state index in [9.17, 15) is 0 Å². The molecule has 1 saturated carbocycles. The summed E-state index contributed by atoms with van der Waals surface area (Å²) >= 11 is 0. The molecule has 1 aromatic rings. The van der Waals surface area contributed by atoms with Crippen LogP contribution in [-0.4, -0.2) is 30.3 Å². The summed E-state index contributed by atoms with van der Waals surface area (Å²) < 4.78 is 5.87. The summed E-state index contributed by atoms with van der Waals surface area (Å²) in [6, 6.07) is 7.67. The van der Waals surface area contributed by atoms with Gasteiger partial charge in [0, 0.05) is 18.7 Å². The fourth-order valence-electron chi connectivity index (χ4n) is 2.66. The minimum absolute atomic E-state index is 0.137. The second-order valence-electron chi connectivity index (χ2n) is 5.49. The molecule has 0 aliphatic heterocycles. The molecule has 4 N–H and O–H groups in total. The number of hydrogen-bond donors (Lipinski definition) is 3. The van der Waals surface area contributed by atoms with E-state index in [0.717, 1.165) is 30.8 Å². The van der Waals surface area contributed by atoms with Crippen LogP contribution in [0.5, 0.6) is 0 Å². The average molecular weight is 291 g/mol. The minimum atomic E-state index is 0.137. The van der Waals surface area contributed by atoms with Crippen LogP contribution in [0, 0.1) is 0 Å². The fourth-order valence-corrected chi connectivity index (χ4v) is 2.66. The molecule has 1 aliphatic carbocycles. The molecule has 1 fully saturated rings. The summed E-state index contributed by atoms with van der Waals surface area (Å²) in [7, 11) is 0. The van der Waals surface area contributed by atoms with E-state index in [2.05, 4.69) is 10.5 Å². The quantitative estimate of drug-likeness (QED) is 0.237. The van der Waals surface area contributed by atoms with Gasteiger partial charge in [-0.25, -0.2) is 0 Å². The molecule has 0 amide bonds. The van der Waals surface area contributed by atoms with E-state index in [1.54, 1.807) is 0 Å². The predicted molar refractivity (Wildman–Crippen MR) is 83.5 cm³/mol. The van der Waals surface area contributed by atoms with Gasteiger partial charge in [0.2, 0.25) is 0 Å². The molecular formula is C16H25N3O2. The second kappa shape index (κ2) is 8.64. The highest BCUT2D eigenvalue weighted by atomic mass is 16.5. The van der Waals surface area contributed by atoms with E-state index in [1.165, 1.54) is 32.1 Å². The van der Waals surface area contributed by atoms with Crippen LogP contribution in [0.25, 0.3) is 0 Å². The summed E-state index contributed by atoms with van der Waals surface area (Å²) in [6.45, 7) is 2.34. The van der Waals surface area contributed by atoms with Gasteiger partial charge in [0.1, 0.15) is 0 Å². The SMILES string of the molecule is NC(=NO)c1cccc(CNCCOC2CCCCC2)c1. The summed E-state index contributed by atoms with van der Waals surface area (Å²) in [6.07, 6.45) is 6.85. The van der Waals surface area contributed by atoms with Gasteiger partial charge in [-0.2, -0.15) is 0 Å². The molecule has 1 aliphatic rings. The molecule has 0 unspecified atom stereocenters. The Morgan fingerprint density at radius 1 is 1.33 bits per heavy atom. The first kappa shape index (κ1) is 15.8. The van der Waals surface area contributed by atoms with Crippen LogP contribution < -0.4 is 11.1 Å². The van der Waals surface area contributed by atoms with Gasteiger partial charge >= 0.3 is 0 Å². The second-order valence-corrected chi connectivity index (χ2v) is 5.49. The maximum atomic E-state index is 8.68. The third-order valence-corrected chi connectivity index (χ3v) is 3.84. The fraction of sp³-hybridized carbons (Fsp3) is 0.562. The van der Waals surface area contributed by atoms with E-state index >= 15 is 0 Å². The van der Waals surface area contributed by atoms with Crippen molar-refractivity contribution in [2.24, 2.45) is 10.9 Å². The number of nitrogens with two attached hydrogens (primary N) is 1. The van der Waals surface area contributed by atoms with Gasteiger partial charge in [0.15, 0.2) is 5.84 Å². The van der Waals surface area contributed by atoms with Crippen molar-refractivity contribution in [3.63, 3.8) is 0 Å². The lowest BCUT2D eigenvalue weighted by molar-refractivity contribution is 0.0302. The van der Waals surface area contributed by atoms with Crippen LogP contribution >= 0.6 is 0 Å². The van der Waals surface area contributed by atoms with Crippen molar-refractivity contribution < 1.29 is 9.94 Å². The van der Waals surface area contributed by atoms with Crippen LogP contribution in [0.3, 0.4) is 0 Å². The van der Waals surface area contributed by atoms with Gasteiger partial charge in [0.05, 0.1) is 12.7 Å². The van der Waals surface area contributed by atoms with Gasteiger partial charge in [-0.3, -0.25) is 0 Å². The Kier molecular flexibility index (Phi) is 6.50. The monoisotopic (exact) mass is 291 g/mol. The first-order valence-electron chi connectivity index (χ1n) is 7.69. The highest BCUT2D eigenvalue weighted by Crippen LogP contribution is 2.19. The van der Waals surface area contributed by atoms with Gasteiger partial charge in [-0.1, -0.05) is 42.6 Å². The van der Waals surface area contributed by atoms with Gasteiger partial charge in [0.25, 0.3) is 0 Å². The molecule has 0 saturated heterocycles. The molecule has 116 valence electrons. The molecule has 0 heterocycles. The zero-order valence-corrected chi connectivity index (χ0v) is 12.4. The number of amidine groups is 1. The number of nitrogens with zero attached hydrogens (tertiary/aromatic N) is 1. The van der Waals surface area contributed by atoms with Crippen molar-refractivity contribution in [2.75, 3.05) is 13.2 Å². The van der Waals surface area contributed by atoms with E-state index in [1.807, 2.05) is 24.3 Å². The Morgan fingerprint density at radius 3 is 2.90 bits per heavy atom. The van der Waals surface area contributed by atoms with E-state index in [0.29, 0.717) is 6.10 Å². The van der Waals surface area contributed by atoms with Gasteiger partial charge < -0.3 is 21.0 Å². The van der Waals surface area contributed by atoms with Crippen molar-refractivity contribution in [1.29, 1.82) is 0 Å². The summed E-state index contributed by atoms with van der Waals surface area (Å²) in [5, 5.41) is 15.1. The third kappa shape index (κ3) is 5.36. The standard InChI is InChI=1S/C16H25N3O2/c17-16(19-20)14-6-4-5-13(11-14)12-18-9-10-21-15-7-2-1-3-8-15/h4-6,11,15,18,20H,1-3,7-10,12H2,(H2,17,19). The summed E-state index contributed by atoms with van der Waals surface area (Å²) in [4.78, 5) is 0. The molecule has 5 heteroatoms. The Bertz CT molecular complexity index is 457. The maximum Gasteiger partial charge on any atom is 0.170 e. The number of oxime groups is 1. The average Bonchev–Trinajstić information content (AvgIpc) is 2.55. The Balaban J connectivity index is 1.66. The van der Waals surface area contributed by atoms with Crippen molar-refractivity contribution in [3.8, 4) is 0 Å². The normalized spacial score (nSPS) is 17.0. The third-order valence-electron chi connectivity index (χ3n) is 3.84. The number of hydrogen-bond acceptors (Lipinski definition) is 4. The molecule has 0 radical (unpaired) electrons. The smallest absolute Gasteiger partial charge is 0.170 e. The van der Waals surface area contributed by atoms with Crippen LogP contribution in [0.1, 0.15) is 43.2 Å². The number of nitrogens with one attached hydrogen (secondary N) is 1. The van der Waals surface area contributed by atoms with Crippen LogP contribution in [0.4, 0.5) is 0 Å². The highest BCUT2D eigenvalue weighted by molar-refractivity contribution is 5.97. The van der Waals surface area contributed by atoms with E-state index < -0.39 is 0 Å². The molecule has 0 atom stereocenters. The Labute approximate surface area is 126 Å². The van der Waals surface area contributed by atoms with Crippen LogP contribution in [0.2, 0.25) is 0 Å². The zero-order valence-electron chi connectivity index (χ0n) is 12.4. The van der Waals surface area contributed by atoms with Crippen molar-refractivity contribution in [3.05, 3.63) is 35.4 Å². The minimum Gasteiger partial charge on any atom is -0.409 e. The van der Waals surface area contributed by atoms with Crippen molar-refractivity contribution >= 4 is 5.84 Å². The zero-order chi connectivity index (χ0) is 14.9. The van der Waals surface area contributed by atoms with Crippen LogP contribution in [-0.2, 0) is 11.3 Å². The molecule has 2 rings (SSSR count).